The van der Waals surface area contributed by atoms with Crippen LogP contribution >= 0.6 is 0 Å². The van der Waals surface area contributed by atoms with Gasteiger partial charge in [0.25, 0.3) is 0 Å². The summed E-state index contributed by atoms with van der Waals surface area (Å²) in [5.74, 6) is 0.593. The van der Waals surface area contributed by atoms with Crippen molar-refractivity contribution in [1.82, 2.24) is 25.1 Å². The summed E-state index contributed by atoms with van der Waals surface area (Å²) in [7, 11) is 0. The van der Waals surface area contributed by atoms with E-state index in [2.05, 4.69) is 78.8 Å². The Bertz CT molecular complexity index is 1210. The van der Waals surface area contributed by atoms with Crippen LogP contribution in [0.3, 0.4) is 0 Å². The average molecular weight is 412 g/mol. The normalized spacial score (nSPS) is 18.3. The van der Waals surface area contributed by atoms with Crippen molar-refractivity contribution in [3.05, 3.63) is 72.1 Å². The average Bonchev–Trinajstić information content (AvgIpc) is 3.44. The summed E-state index contributed by atoms with van der Waals surface area (Å²) in [4.78, 5) is 11.7. The van der Waals surface area contributed by atoms with Crippen LogP contribution in [0.25, 0.3) is 11.0 Å². The molecule has 2 aromatic carbocycles. The van der Waals surface area contributed by atoms with Gasteiger partial charge in [-0.15, -0.1) is 0 Å². The van der Waals surface area contributed by atoms with E-state index in [9.17, 15) is 0 Å². The Morgan fingerprint density at radius 1 is 0.968 bits per heavy atom. The van der Waals surface area contributed by atoms with Crippen LogP contribution in [0.1, 0.15) is 23.6 Å². The molecule has 0 amide bonds. The molecule has 2 aliphatic rings. The largest absolute Gasteiger partial charge is 0.369 e. The molecular formula is C24H25N7. The van der Waals surface area contributed by atoms with E-state index in [4.69, 9.17) is 4.98 Å². The topological polar surface area (TPSA) is 70.9 Å². The highest BCUT2D eigenvalue weighted by Crippen LogP contribution is 2.35. The van der Waals surface area contributed by atoms with Crippen LogP contribution in [0.2, 0.25) is 0 Å². The van der Waals surface area contributed by atoms with Gasteiger partial charge >= 0.3 is 0 Å². The van der Waals surface area contributed by atoms with Gasteiger partial charge in [-0.05, 0) is 48.2 Å². The zero-order valence-electron chi connectivity index (χ0n) is 17.3. The van der Waals surface area contributed by atoms with E-state index in [1.165, 1.54) is 16.8 Å². The van der Waals surface area contributed by atoms with Gasteiger partial charge in [0, 0.05) is 43.8 Å². The van der Waals surface area contributed by atoms with Gasteiger partial charge in [-0.2, -0.15) is 10.1 Å². The summed E-state index contributed by atoms with van der Waals surface area (Å²) in [6, 6.07) is 17.4. The molecule has 0 bridgehead atoms. The second-order valence-corrected chi connectivity index (χ2v) is 8.22. The Morgan fingerprint density at radius 2 is 1.81 bits per heavy atom. The first-order chi connectivity index (χ1) is 15.3. The monoisotopic (exact) mass is 411 g/mol. The number of aromatic nitrogens is 4. The second kappa shape index (κ2) is 7.67. The van der Waals surface area contributed by atoms with E-state index in [0.29, 0.717) is 5.95 Å². The lowest BCUT2D eigenvalue weighted by molar-refractivity contribution is 0.533. The van der Waals surface area contributed by atoms with Crippen LogP contribution in [0.15, 0.2) is 60.9 Å². The van der Waals surface area contributed by atoms with Gasteiger partial charge in [-0.25, -0.2) is 9.67 Å². The van der Waals surface area contributed by atoms with Crippen LogP contribution < -0.4 is 15.5 Å². The smallest absolute Gasteiger partial charge is 0.229 e. The van der Waals surface area contributed by atoms with Crippen LogP contribution in [0, 0.1) is 0 Å². The minimum Gasteiger partial charge on any atom is -0.369 e. The first-order valence-corrected chi connectivity index (χ1v) is 11.0. The molecule has 1 atom stereocenters. The third kappa shape index (κ3) is 3.41. The molecule has 0 saturated carbocycles. The fraction of sp³-hybridized carbons (Fsp3) is 0.292. The van der Waals surface area contributed by atoms with E-state index < -0.39 is 0 Å². The molecule has 7 nitrogen and oxygen atoms in total. The molecule has 4 aromatic rings. The van der Waals surface area contributed by atoms with Crippen molar-refractivity contribution < 1.29 is 0 Å². The summed E-state index contributed by atoms with van der Waals surface area (Å²) >= 11 is 0. The van der Waals surface area contributed by atoms with Crippen LogP contribution in [0.5, 0.6) is 0 Å². The number of anilines is 3. The molecule has 2 aromatic heterocycles. The predicted octanol–water partition coefficient (Wildman–Crippen LogP) is 3.52. The zero-order valence-corrected chi connectivity index (χ0v) is 17.3. The van der Waals surface area contributed by atoms with Crippen molar-refractivity contribution in [1.29, 1.82) is 0 Å². The quantitative estimate of drug-likeness (QED) is 0.536. The minimum absolute atomic E-state index is 0.231. The predicted molar refractivity (Wildman–Crippen MR) is 123 cm³/mol. The maximum atomic E-state index is 4.82. The van der Waals surface area contributed by atoms with Gasteiger partial charge < -0.3 is 15.5 Å². The lowest BCUT2D eigenvalue weighted by Gasteiger charge is -2.29. The Morgan fingerprint density at radius 3 is 2.68 bits per heavy atom. The lowest BCUT2D eigenvalue weighted by Crippen LogP contribution is -2.43. The maximum absolute atomic E-state index is 4.82. The zero-order chi connectivity index (χ0) is 20.6. The summed E-state index contributed by atoms with van der Waals surface area (Å²) in [6.45, 7) is 4.15. The number of nitrogens with one attached hydrogen (secondary N) is 2. The Kier molecular flexibility index (Phi) is 4.53. The Balaban J connectivity index is 1.26. The fourth-order valence-corrected chi connectivity index (χ4v) is 4.72. The first-order valence-electron chi connectivity index (χ1n) is 11.0. The SMILES string of the molecule is c1ccc2c(c1)CC[C@H]2n1ncc2cnc(Nc3ccc(N4CCNCC4)cc3)nc21. The van der Waals surface area contributed by atoms with Gasteiger partial charge in [0.15, 0.2) is 5.65 Å². The highest BCUT2D eigenvalue weighted by Gasteiger charge is 2.26. The number of fused-ring (bicyclic) bond motifs is 2. The second-order valence-electron chi connectivity index (χ2n) is 8.22. The Hall–Kier alpha value is -3.45. The standard InChI is InChI=1S/C24H25N7/c1-2-4-21-17(3-1)5-10-22(21)31-23-18(16-27-31)15-26-24(29-23)28-19-6-8-20(9-7-19)30-13-11-25-12-14-30/h1-4,6-9,15-16,22,25H,5,10-14H2,(H,26,28,29)/t22-/m1/s1. The van der Waals surface area contributed by atoms with Crippen LogP contribution in [-0.2, 0) is 6.42 Å². The third-order valence-corrected chi connectivity index (χ3v) is 6.34. The molecule has 7 heteroatoms. The van der Waals surface area contributed by atoms with Gasteiger partial charge in [0.1, 0.15) is 0 Å². The first kappa shape index (κ1) is 18.3. The molecule has 2 N–H and O–H groups in total. The van der Waals surface area contributed by atoms with Crippen LogP contribution in [-0.4, -0.2) is 45.9 Å². The molecule has 0 spiro atoms. The number of benzene rings is 2. The van der Waals surface area contributed by atoms with Crippen molar-refractivity contribution in [2.45, 2.75) is 18.9 Å². The number of nitrogens with zero attached hydrogens (tertiary/aromatic N) is 5. The molecule has 6 rings (SSSR count). The molecule has 156 valence electrons. The fourth-order valence-electron chi connectivity index (χ4n) is 4.72. The summed E-state index contributed by atoms with van der Waals surface area (Å²) in [6.07, 6.45) is 5.85. The number of piperazine rings is 1. The molecule has 31 heavy (non-hydrogen) atoms. The number of aryl methyl sites for hydroxylation is 1. The summed E-state index contributed by atoms with van der Waals surface area (Å²) < 4.78 is 2.06. The highest BCUT2D eigenvalue weighted by atomic mass is 15.3. The molecular weight excluding hydrogens is 386 g/mol. The molecule has 0 radical (unpaired) electrons. The van der Waals surface area contributed by atoms with Crippen molar-refractivity contribution >= 4 is 28.4 Å². The molecule has 1 aliphatic carbocycles. The summed E-state index contributed by atoms with van der Waals surface area (Å²) in [5.41, 5.74) is 5.87. The summed E-state index contributed by atoms with van der Waals surface area (Å²) in [5, 5.41) is 12.4. The molecule has 1 aliphatic heterocycles. The highest BCUT2D eigenvalue weighted by molar-refractivity contribution is 5.75. The lowest BCUT2D eigenvalue weighted by atomic mass is 10.1. The van der Waals surface area contributed by atoms with E-state index in [1.807, 2.05) is 12.4 Å². The minimum atomic E-state index is 0.231. The molecule has 1 fully saturated rings. The third-order valence-electron chi connectivity index (χ3n) is 6.34. The van der Waals surface area contributed by atoms with E-state index in [1.54, 1.807) is 0 Å². The van der Waals surface area contributed by atoms with E-state index in [0.717, 1.165) is 55.7 Å². The number of rotatable bonds is 4. The van der Waals surface area contributed by atoms with Crippen molar-refractivity contribution in [2.75, 3.05) is 36.4 Å². The maximum Gasteiger partial charge on any atom is 0.229 e. The number of hydrogen-bond donors (Lipinski definition) is 2. The van der Waals surface area contributed by atoms with Crippen molar-refractivity contribution in [3.8, 4) is 0 Å². The van der Waals surface area contributed by atoms with E-state index in [-0.39, 0.29) is 6.04 Å². The van der Waals surface area contributed by atoms with E-state index >= 15 is 0 Å². The van der Waals surface area contributed by atoms with Gasteiger partial charge in [0.2, 0.25) is 5.95 Å². The van der Waals surface area contributed by atoms with Crippen molar-refractivity contribution in [3.63, 3.8) is 0 Å². The molecule has 0 unspecified atom stereocenters. The van der Waals surface area contributed by atoms with Gasteiger partial charge in [-0.1, -0.05) is 24.3 Å². The van der Waals surface area contributed by atoms with Crippen LogP contribution in [0.4, 0.5) is 17.3 Å². The molecule has 3 heterocycles. The van der Waals surface area contributed by atoms with Gasteiger partial charge in [0.05, 0.1) is 17.6 Å². The van der Waals surface area contributed by atoms with Gasteiger partial charge in [-0.3, -0.25) is 0 Å². The molecule has 1 saturated heterocycles. The number of hydrogen-bond acceptors (Lipinski definition) is 6. The van der Waals surface area contributed by atoms with Crippen molar-refractivity contribution in [2.24, 2.45) is 0 Å². The Labute approximate surface area is 181 Å².